The molecule has 0 aliphatic carbocycles. The number of ether oxygens (including phenoxy) is 2. The number of nitrogens with one attached hydrogen (secondary N) is 1. The van der Waals surface area contributed by atoms with Crippen molar-refractivity contribution in [1.29, 1.82) is 0 Å². The van der Waals surface area contributed by atoms with Crippen LogP contribution in [0.25, 0.3) is 5.69 Å². The molecular formula is C30H36ClN3O5. The zero-order chi connectivity index (χ0) is 28.5. The van der Waals surface area contributed by atoms with Crippen LogP contribution in [0.1, 0.15) is 68.6 Å². The smallest absolute Gasteiger partial charge is 0.295 e. The van der Waals surface area contributed by atoms with Crippen molar-refractivity contribution in [2.75, 3.05) is 12.4 Å². The van der Waals surface area contributed by atoms with Gasteiger partial charge in [0.05, 0.1) is 23.6 Å². The summed E-state index contributed by atoms with van der Waals surface area (Å²) < 4.78 is 14.6. The van der Waals surface area contributed by atoms with Crippen molar-refractivity contribution in [2.24, 2.45) is 12.5 Å². The van der Waals surface area contributed by atoms with E-state index in [0.717, 1.165) is 5.56 Å². The number of halogens is 1. The number of fused-ring (bicyclic) bond motifs is 1. The Bertz CT molecular complexity index is 1450. The average Bonchev–Trinajstić information content (AvgIpc) is 3.29. The molecule has 0 fully saturated rings. The summed E-state index contributed by atoms with van der Waals surface area (Å²) in [6, 6.07) is 12.7. The number of nitrogens with zero attached hydrogens (tertiary/aromatic N) is 2. The lowest BCUT2D eigenvalue weighted by atomic mass is 9.82. The van der Waals surface area contributed by atoms with Gasteiger partial charge in [0.1, 0.15) is 17.0 Å². The number of benzene rings is 2. The monoisotopic (exact) mass is 553 g/mol. The molecule has 0 radical (unpaired) electrons. The predicted octanol–water partition coefficient (Wildman–Crippen LogP) is 5.71. The van der Waals surface area contributed by atoms with Crippen molar-refractivity contribution in [2.45, 2.75) is 65.6 Å². The van der Waals surface area contributed by atoms with Gasteiger partial charge in [-0.25, -0.2) is 4.68 Å². The molecule has 4 rings (SSSR count). The fourth-order valence-corrected chi connectivity index (χ4v) is 5.35. The molecule has 1 aliphatic heterocycles. The Morgan fingerprint density at radius 3 is 2.54 bits per heavy atom. The molecule has 0 bridgehead atoms. The quantitative estimate of drug-likeness (QED) is 0.325. The molecule has 39 heavy (non-hydrogen) atoms. The Kier molecular flexibility index (Phi) is 8.09. The molecule has 208 valence electrons. The van der Waals surface area contributed by atoms with Crippen LogP contribution in [-0.2, 0) is 29.6 Å². The maximum atomic E-state index is 13.3. The number of carbonyl (C=O) groups is 2. The second-order valence-corrected chi connectivity index (χ2v) is 12.0. The summed E-state index contributed by atoms with van der Waals surface area (Å²) in [6.07, 6.45) is 1.52. The molecule has 0 atom stereocenters. The standard InChI is InChI=1S/C30H36ClN3O5/c1-29(2,13-12-24(35)22-15-20(31)14-19-16-30(3,4)39-27(19)22)17-25(36)32-26-23(18-38-6)33(5)34(28(26)37)21-10-8-7-9-11-21/h7-11,14-15H,12-13,16-18H2,1-6H3,(H,32,36). The fourth-order valence-electron chi connectivity index (χ4n) is 5.11. The summed E-state index contributed by atoms with van der Waals surface area (Å²) in [7, 11) is 3.29. The lowest BCUT2D eigenvalue weighted by Gasteiger charge is -2.24. The minimum Gasteiger partial charge on any atom is -0.486 e. The number of methoxy groups -OCH3 is 1. The Morgan fingerprint density at radius 2 is 1.87 bits per heavy atom. The molecule has 1 amide bonds. The Labute approximate surface area is 233 Å². The van der Waals surface area contributed by atoms with Gasteiger partial charge in [-0.15, -0.1) is 0 Å². The molecule has 3 aromatic rings. The zero-order valence-electron chi connectivity index (χ0n) is 23.4. The lowest BCUT2D eigenvalue weighted by molar-refractivity contribution is -0.118. The molecule has 1 N–H and O–H groups in total. The third-order valence-corrected chi connectivity index (χ3v) is 7.24. The number of rotatable bonds is 10. The molecule has 9 heteroatoms. The van der Waals surface area contributed by atoms with Gasteiger partial charge in [0.25, 0.3) is 5.56 Å². The Balaban J connectivity index is 1.47. The van der Waals surface area contributed by atoms with E-state index in [4.69, 9.17) is 21.1 Å². The summed E-state index contributed by atoms with van der Waals surface area (Å²) in [5, 5.41) is 3.33. The average molecular weight is 554 g/mol. The second kappa shape index (κ2) is 11.0. The Hall–Kier alpha value is -3.36. The third kappa shape index (κ3) is 6.28. The van der Waals surface area contributed by atoms with E-state index in [-0.39, 0.29) is 42.4 Å². The van der Waals surface area contributed by atoms with Gasteiger partial charge in [0, 0.05) is 44.0 Å². The number of hydrogen-bond acceptors (Lipinski definition) is 5. The maximum Gasteiger partial charge on any atom is 0.295 e. The van der Waals surface area contributed by atoms with E-state index in [1.165, 1.54) is 11.8 Å². The first kappa shape index (κ1) is 28.6. The van der Waals surface area contributed by atoms with Crippen molar-refractivity contribution in [3.8, 4) is 11.4 Å². The first-order valence-electron chi connectivity index (χ1n) is 13.0. The molecule has 0 unspecified atom stereocenters. The molecule has 8 nitrogen and oxygen atoms in total. The van der Waals surface area contributed by atoms with E-state index in [0.29, 0.717) is 40.6 Å². The van der Waals surface area contributed by atoms with Crippen LogP contribution in [0.5, 0.6) is 5.75 Å². The van der Waals surface area contributed by atoms with Gasteiger partial charge in [0.15, 0.2) is 5.78 Å². The topological polar surface area (TPSA) is 91.6 Å². The van der Waals surface area contributed by atoms with Gasteiger partial charge in [-0.2, -0.15) is 0 Å². The molecule has 1 aromatic heterocycles. The van der Waals surface area contributed by atoms with Crippen LogP contribution in [0.2, 0.25) is 5.02 Å². The third-order valence-electron chi connectivity index (χ3n) is 7.03. The van der Waals surface area contributed by atoms with Gasteiger partial charge in [-0.05, 0) is 49.9 Å². The van der Waals surface area contributed by atoms with E-state index < -0.39 is 11.0 Å². The van der Waals surface area contributed by atoms with Gasteiger partial charge in [0.2, 0.25) is 5.91 Å². The normalized spacial score (nSPS) is 14.1. The first-order chi connectivity index (χ1) is 18.3. The number of aromatic nitrogens is 2. The summed E-state index contributed by atoms with van der Waals surface area (Å²) in [5.41, 5.74) is 1.62. The molecule has 0 saturated heterocycles. The number of ketones is 1. The zero-order valence-corrected chi connectivity index (χ0v) is 24.1. The van der Waals surface area contributed by atoms with Crippen LogP contribution < -0.4 is 15.6 Å². The summed E-state index contributed by atoms with van der Waals surface area (Å²) >= 11 is 6.30. The van der Waals surface area contributed by atoms with Crippen LogP contribution in [0, 0.1) is 5.41 Å². The minimum atomic E-state index is -0.504. The predicted molar refractivity (Wildman–Crippen MR) is 152 cm³/mol. The van der Waals surface area contributed by atoms with Crippen molar-refractivity contribution >= 4 is 29.0 Å². The van der Waals surface area contributed by atoms with Gasteiger partial charge < -0.3 is 14.8 Å². The highest BCUT2D eigenvalue weighted by atomic mass is 35.5. The van der Waals surface area contributed by atoms with Crippen molar-refractivity contribution in [3.63, 3.8) is 0 Å². The first-order valence-corrected chi connectivity index (χ1v) is 13.4. The van der Waals surface area contributed by atoms with E-state index >= 15 is 0 Å². The van der Waals surface area contributed by atoms with Crippen LogP contribution >= 0.6 is 11.6 Å². The largest absolute Gasteiger partial charge is 0.486 e. The van der Waals surface area contributed by atoms with Crippen LogP contribution in [0.15, 0.2) is 47.3 Å². The minimum absolute atomic E-state index is 0.0730. The van der Waals surface area contributed by atoms with Crippen molar-refractivity contribution < 1.29 is 19.1 Å². The van der Waals surface area contributed by atoms with Crippen LogP contribution in [-0.4, -0.2) is 33.8 Å². The summed E-state index contributed by atoms with van der Waals surface area (Å²) in [5.74, 6) is 0.229. The van der Waals surface area contributed by atoms with Gasteiger partial charge in [-0.1, -0.05) is 43.6 Å². The van der Waals surface area contributed by atoms with E-state index in [1.807, 2.05) is 64.1 Å². The number of anilines is 1. The summed E-state index contributed by atoms with van der Waals surface area (Å²) in [4.78, 5) is 39.7. The van der Waals surface area contributed by atoms with Crippen molar-refractivity contribution in [1.82, 2.24) is 9.36 Å². The molecule has 0 spiro atoms. The highest BCUT2D eigenvalue weighted by Gasteiger charge is 2.34. The van der Waals surface area contributed by atoms with Crippen LogP contribution in [0.3, 0.4) is 0 Å². The molecular weight excluding hydrogens is 518 g/mol. The molecule has 1 aliphatic rings. The highest BCUT2D eigenvalue weighted by Crippen LogP contribution is 2.40. The SMILES string of the molecule is COCc1c(NC(=O)CC(C)(C)CCC(=O)c2cc(Cl)cc3c2OC(C)(C)C3)c(=O)n(-c2ccccc2)n1C. The summed E-state index contributed by atoms with van der Waals surface area (Å²) in [6.45, 7) is 7.99. The number of carbonyl (C=O) groups excluding carboxylic acids is 2. The number of amides is 1. The molecule has 0 saturated carbocycles. The Morgan fingerprint density at radius 1 is 1.18 bits per heavy atom. The highest BCUT2D eigenvalue weighted by molar-refractivity contribution is 6.31. The number of para-hydroxylation sites is 1. The van der Waals surface area contributed by atoms with E-state index in [1.54, 1.807) is 17.8 Å². The van der Waals surface area contributed by atoms with Gasteiger partial charge >= 0.3 is 0 Å². The fraction of sp³-hybridized carbons (Fsp3) is 0.433. The van der Waals surface area contributed by atoms with Crippen LogP contribution in [0.4, 0.5) is 5.69 Å². The van der Waals surface area contributed by atoms with Gasteiger partial charge in [-0.3, -0.25) is 19.1 Å². The van der Waals surface area contributed by atoms with Crippen molar-refractivity contribution in [3.05, 3.63) is 74.7 Å². The second-order valence-electron chi connectivity index (χ2n) is 11.5. The number of Topliss-reactive ketones (excluding diaryl/α,β-unsaturated/α-hetero) is 1. The number of hydrogen-bond donors (Lipinski definition) is 1. The molecule has 2 aromatic carbocycles. The lowest BCUT2D eigenvalue weighted by Crippen LogP contribution is -2.26. The van der Waals surface area contributed by atoms with E-state index in [9.17, 15) is 14.4 Å². The molecule has 2 heterocycles. The maximum absolute atomic E-state index is 13.3. The van der Waals surface area contributed by atoms with E-state index in [2.05, 4.69) is 5.32 Å².